The Hall–Kier alpha value is -3.33. The summed E-state index contributed by atoms with van der Waals surface area (Å²) < 4.78 is 5.78. The van der Waals surface area contributed by atoms with Gasteiger partial charge in [-0.2, -0.15) is 0 Å². The highest BCUT2D eigenvalue weighted by Crippen LogP contribution is 2.30. The molecule has 4 amide bonds. The van der Waals surface area contributed by atoms with Crippen LogP contribution in [-0.2, 0) is 14.3 Å². The van der Waals surface area contributed by atoms with E-state index in [0.29, 0.717) is 29.1 Å². The third-order valence-electron chi connectivity index (χ3n) is 5.71. The van der Waals surface area contributed by atoms with Gasteiger partial charge >= 0.3 is 12.0 Å². The number of amides is 4. The lowest BCUT2D eigenvalue weighted by Gasteiger charge is -2.24. The second-order valence-corrected chi connectivity index (χ2v) is 9.27. The molecule has 2 aromatic carbocycles. The number of hydrogen-bond donors (Lipinski definition) is 2. The molecule has 0 saturated carbocycles. The fraction of sp³-hybridized carbons (Fsp3) is 0.333. The first kappa shape index (κ1) is 22.8. The van der Waals surface area contributed by atoms with Crippen LogP contribution in [0, 0.1) is 0 Å². The zero-order chi connectivity index (χ0) is 23.4. The zero-order valence-corrected chi connectivity index (χ0v) is 19.0. The van der Waals surface area contributed by atoms with E-state index in [2.05, 4.69) is 10.6 Å². The summed E-state index contributed by atoms with van der Waals surface area (Å²) in [4.78, 5) is 52.3. The van der Waals surface area contributed by atoms with Crippen molar-refractivity contribution >= 4 is 35.6 Å². The number of imide groups is 1. The van der Waals surface area contributed by atoms with Gasteiger partial charge in [0.05, 0.1) is 5.56 Å². The molecule has 2 aromatic rings. The number of likely N-dealkylation sites (tertiary alicyclic amines) is 1. The van der Waals surface area contributed by atoms with Gasteiger partial charge in [0.15, 0.2) is 0 Å². The van der Waals surface area contributed by atoms with Crippen LogP contribution in [0.15, 0.2) is 59.5 Å². The molecule has 2 atom stereocenters. The van der Waals surface area contributed by atoms with Crippen molar-refractivity contribution < 1.29 is 23.9 Å². The Balaban J connectivity index is 1.53. The number of nitrogens with zero attached hydrogens (tertiary/aromatic N) is 1. The van der Waals surface area contributed by atoms with E-state index in [4.69, 9.17) is 4.74 Å². The van der Waals surface area contributed by atoms with Crippen molar-refractivity contribution in [3.05, 3.63) is 65.7 Å². The van der Waals surface area contributed by atoms with Gasteiger partial charge in [0.1, 0.15) is 5.54 Å². The van der Waals surface area contributed by atoms with Crippen LogP contribution in [0.3, 0.4) is 0 Å². The van der Waals surface area contributed by atoms with Crippen molar-refractivity contribution in [1.29, 1.82) is 0 Å². The van der Waals surface area contributed by atoms with Crippen molar-refractivity contribution in [3.63, 3.8) is 0 Å². The Kier molecular flexibility index (Phi) is 6.69. The second-order valence-electron chi connectivity index (χ2n) is 8.25. The van der Waals surface area contributed by atoms with Gasteiger partial charge in [-0.05, 0) is 31.9 Å². The maximum atomic E-state index is 13.2. The molecule has 0 spiro atoms. The fourth-order valence-corrected chi connectivity index (χ4v) is 4.96. The van der Waals surface area contributed by atoms with E-state index >= 15 is 0 Å². The lowest BCUT2D eigenvalue weighted by atomic mass is 10.1. The summed E-state index contributed by atoms with van der Waals surface area (Å²) in [6.45, 7) is 2.93. The predicted molar refractivity (Wildman–Crippen MR) is 123 cm³/mol. The summed E-state index contributed by atoms with van der Waals surface area (Å²) >= 11 is 1.26. The quantitative estimate of drug-likeness (QED) is 0.369. The number of nitrogens with one attached hydrogen (secondary N) is 2. The number of rotatable bonds is 7. The minimum absolute atomic E-state index is 0.226. The van der Waals surface area contributed by atoms with E-state index in [-0.39, 0.29) is 11.7 Å². The smallest absolute Gasteiger partial charge is 0.340 e. The second kappa shape index (κ2) is 9.66. The normalized spacial score (nSPS) is 20.8. The summed E-state index contributed by atoms with van der Waals surface area (Å²) in [5.74, 6) is -1.04. The van der Waals surface area contributed by atoms with Gasteiger partial charge < -0.3 is 15.0 Å². The van der Waals surface area contributed by atoms with E-state index in [1.54, 1.807) is 60.4 Å². The molecule has 8 nitrogen and oxygen atoms in total. The van der Waals surface area contributed by atoms with Gasteiger partial charge in [-0.3, -0.25) is 14.9 Å². The molecule has 2 aliphatic rings. The molecule has 2 saturated heterocycles. The first-order valence-electron chi connectivity index (χ1n) is 10.8. The molecule has 0 unspecified atom stereocenters. The number of esters is 1. The van der Waals surface area contributed by atoms with E-state index in [0.717, 1.165) is 12.8 Å². The Morgan fingerprint density at radius 1 is 1.06 bits per heavy atom. The molecule has 2 heterocycles. The highest BCUT2D eigenvalue weighted by Gasteiger charge is 2.42. The van der Waals surface area contributed by atoms with Crippen molar-refractivity contribution in [2.45, 2.75) is 36.3 Å². The Labute approximate surface area is 196 Å². The summed E-state index contributed by atoms with van der Waals surface area (Å²) in [5, 5.41) is 4.84. The average molecular weight is 468 g/mol. The van der Waals surface area contributed by atoms with E-state index in [1.807, 2.05) is 6.07 Å². The molecule has 0 aliphatic carbocycles. The average Bonchev–Trinajstić information content (AvgIpc) is 3.44. The third kappa shape index (κ3) is 5.03. The molecular formula is C24H25N3O5S. The van der Waals surface area contributed by atoms with Gasteiger partial charge in [0, 0.05) is 29.3 Å². The van der Waals surface area contributed by atoms with Gasteiger partial charge in [-0.25, -0.2) is 9.59 Å². The van der Waals surface area contributed by atoms with Crippen LogP contribution >= 0.6 is 11.8 Å². The Bertz CT molecular complexity index is 1070. The molecule has 2 fully saturated rings. The summed E-state index contributed by atoms with van der Waals surface area (Å²) in [5.41, 5.74) is -0.173. The first-order valence-corrected chi connectivity index (χ1v) is 11.8. The van der Waals surface area contributed by atoms with Crippen LogP contribution in [0.1, 0.15) is 41.8 Å². The fourth-order valence-electron chi connectivity index (χ4n) is 3.83. The van der Waals surface area contributed by atoms with E-state index in [1.165, 1.54) is 11.8 Å². The number of urea groups is 1. The largest absolute Gasteiger partial charge is 0.444 e. The summed E-state index contributed by atoms with van der Waals surface area (Å²) in [7, 11) is 0. The SMILES string of the molecule is C[C@@]1(CSc2ccccc2C(=O)O[C@@H](C(=O)N2CCCC2)c2ccccc2)NC(=O)NC1=O. The maximum Gasteiger partial charge on any atom is 0.340 e. The first-order chi connectivity index (χ1) is 15.9. The van der Waals surface area contributed by atoms with Crippen LogP contribution in [0.2, 0.25) is 0 Å². The van der Waals surface area contributed by atoms with Gasteiger partial charge in [0.25, 0.3) is 11.8 Å². The number of carbonyl (C=O) groups excluding carboxylic acids is 4. The van der Waals surface area contributed by atoms with Crippen LogP contribution in [0.5, 0.6) is 0 Å². The number of hydrogen-bond acceptors (Lipinski definition) is 6. The van der Waals surface area contributed by atoms with E-state index < -0.39 is 29.6 Å². The Morgan fingerprint density at radius 3 is 2.39 bits per heavy atom. The zero-order valence-electron chi connectivity index (χ0n) is 18.2. The minimum atomic E-state index is -1.09. The molecular weight excluding hydrogens is 442 g/mol. The predicted octanol–water partition coefficient (Wildman–Crippen LogP) is 2.90. The molecule has 33 heavy (non-hydrogen) atoms. The minimum Gasteiger partial charge on any atom is -0.444 e. The van der Waals surface area contributed by atoms with Crippen LogP contribution in [0.25, 0.3) is 0 Å². The number of carbonyl (C=O) groups is 4. The summed E-state index contributed by atoms with van der Waals surface area (Å²) in [6.07, 6.45) is 0.833. The monoisotopic (exact) mass is 467 g/mol. The number of benzene rings is 2. The van der Waals surface area contributed by atoms with Crippen molar-refractivity contribution in [1.82, 2.24) is 15.5 Å². The van der Waals surface area contributed by atoms with Crippen molar-refractivity contribution in [2.75, 3.05) is 18.8 Å². The summed E-state index contributed by atoms with van der Waals surface area (Å²) in [6, 6.07) is 15.3. The number of thioether (sulfide) groups is 1. The molecule has 2 aliphatic heterocycles. The van der Waals surface area contributed by atoms with Crippen LogP contribution < -0.4 is 10.6 Å². The van der Waals surface area contributed by atoms with Gasteiger partial charge in [-0.15, -0.1) is 11.8 Å². The lowest BCUT2D eigenvalue weighted by molar-refractivity contribution is -0.140. The van der Waals surface area contributed by atoms with Crippen LogP contribution in [0.4, 0.5) is 4.79 Å². The molecule has 0 bridgehead atoms. The molecule has 172 valence electrons. The van der Waals surface area contributed by atoms with Crippen molar-refractivity contribution in [2.24, 2.45) is 0 Å². The number of ether oxygens (including phenoxy) is 1. The molecule has 0 radical (unpaired) electrons. The molecule has 4 rings (SSSR count). The highest BCUT2D eigenvalue weighted by molar-refractivity contribution is 7.99. The van der Waals surface area contributed by atoms with Gasteiger partial charge in [0.2, 0.25) is 6.10 Å². The van der Waals surface area contributed by atoms with E-state index in [9.17, 15) is 19.2 Å². The standard InChI is InChI=1S/C24H25N3O5S/c1-24(22(30)25-23(31)26-24)15-33-18-12-6-5-11-17(18)21(29)32-19(16-9-3-2-4-10-16)20(28)27-13-7-8-14-27/h2-6,9-12,19H,7-8,13-15H2,1H3,(H2,25,26,30,31)/t19-,24+/m1/s1. The molecule has 2 N–H and O–H groups in total. The molecule has 0 aromatic heterocycles. The molecule has 9 heteroatoms. The highest BCUT2D eigenvalue weighted by atomic mass is 32.2. The van der Waals surface area contributed by atoms with Gasteiger partial charge in [-0.1, -0.05) is 42.5 Å². The topological polar surface area (TPSA) is 105 Å². The van der Waals surface area contributed by atoms with Crippen molar-refractivity contribution in [3.8, 4) is 0 Å². The Morgan fingerprint density at radius 2 is 1.73 bits per heavy atom. The van der Waals surface area contributed by atoms with Crippen LogP contribution in [-0.4, -0.2) is 53.1 Å². The lowest BCUT2D eigenvalue weighted by Crippen LogP contribution is -2.46. The maximum absolute atomic E-state index is 13.2. The third-order valence-corrected chi connectivity index (χ3v) is 7.10.